The predicted molar refractivity (Wildman–Crippen MR) is 97.4 cm³/mol. The summed E-state index contributed by atoms with van der Waals surface area (Å²) in [4.78, 5) is -2.19. The Kier molecular flexibility index (Phi) is 6.81. The fourth-order valence-corrected chi connectivity index (χ4v) is 4.24. The summed E-state index contributed by atoms with van der Waals surface area (Å²) in [6.45, 7) is 0. The number of hydrogen-bond donors (Lipinski definition) is 4. The minimum absolute atomic E-state index is 0. The summed E-state index contributed by atoms with van der Waals surface area (Å²) < 4.78 is 65.0. The molecular formula is C14H15N2NaO6S2. The molecule has 2 aromatic rings. The van der Waals surface area contributed by atoms with E-state index < -0.39 is 35.7 Å². The normalized spacial score (nSPS) is 12.1. The number of nitrogen functional groups attached to an aromatic ring is 2. The van der Waals surface area contributed by atoms with Crippen LogP contribution in [0, 0.1) is 0 Å². The van der Waals surface area contributed by atoms with Gasteiger partial charge in [0, 0.05) is 0 Å². The monoisotopic (exact) mass is 394 g/mol. The van der Waals surface area contributed by atoms with Gasteiger partial charge in [-0.15, -0.1) is 0 Å². The molecule has 130 valence electrons. The molecule has 11 heteroatoms. The average molecular weight is 394 g/mol. The topological polar surface area (TPSA) is 161 Å². The van der Waals surface area contributed by atoms with Crippen LogP contribution in [0.2, 0.25) is 0 Å². The van der Waals surface area contributed by atoms with Gasteiger partial charge in [0.2, 0.25) is 0 Å². The predicted octanol–water partition coefficient (Wildman–Crippen LogP) is 0.866. The van der Waals surface area contributed by atoms with Crippen molar-refractivity contribution in [1.82, 2.24) is 0 Å². The zero-order valence-corrected chi connectivity index (χ0v) is 13.8. The second kappa shape index (κ2) is 7.87. The molecule has 0 unspecified atom stereocenters. The first kappa shape index (κ1) is 21.6. The molecule has 0 bridgehead atoms. The van der Waals surface area contributed by atoms with E-state index in [2.05, 4.69) is 0 Å². The summed E-state index contributed by atoms with van der Waals surface area (Å²) >= 11 is 0. The van der Waals surface area contributed by atoms with E-state index in [9.17, 15) is 25.9 Å². The van der Waals surface area contributed by atoms with E-state index in [4.69, 9.17) is 11.5 Å². The van der Waals surface area contributed by atoms with Crippen LogP contribution in [0.1, 0.15) is 11.1 Å². The molecule has 0 aliphatic carbocycles. The van der Waals surface area contributed by atoms with Crippen LogP contribution < -0.4 is 11.5 Å². The summed E-state index contributed by atoms with van der Waals surface area (Å²) in [5, 5.41) is 0. The Labute approximate surface area is 167 Å². The Morgan fingerprint density at radius 3 is 1.84 bits per heavy atom. The molecule has 0 heterocycles. The standard InChI is InChI=1S/C14H14N2O6S2.Na.H/c15-11-8-10(7-6-9-4-2-1-3-5-9)13(23(17,18)19)14(12(11)16)24(20,21)22;;/h1-8H,15-16H2,(H,17,18,19)(H,20,21,22);;. The molecule has 2 rings (SSSR count). The maximum absolute atomic E-state index is 11.6. The number of nitrogens with two attached hydrogens (primary N) is 2. The van der Waals surface area contributed by atoms with E-state index in [1.54, 1.807) is 30.3 Å². The van der Waals surface area contributed by atoms with Crippen molar-refractivity contribution in [1.29, 1.82) is 0 Å². The van der Waals surface area contributed by atoms with Gasteiger partial charge in [-0.05, 0) is 17.2 Å². The van der Waals surface area contributed by atoms with Gasteiger partial charge in [-0.2, -0.15) is 16.8 Å². The molecule has 2 aromatic carbocycles. The van der Waals surface area contributed by atoms with Crippen molar-refractivity contribution >= 4 is 73.3 Å². The van der Waals surface area contributed by atoms with E-state index in [0.717, 1.165) is 6.07 Å². The van der Waals surface area contributed by atoms with Crippen LogP contribution >= 0.6 is 0 Å². The third-order valence-electron chi connectivity index (χ3n) is 3.11. The van der Waals surface area contributed by atoms with E-state index in [-0.39, 0.29) is 40.8 Å². The molecule has 0 aliphatic heterocycles. The zero-order chi connectivity index (χ0) is 18.1. The molecule has 6 N–H and O–H groups in total. The Hall–Kier alpha value is -1.40. The van der Waals surface area contributed by atoms with Gasteiger partial charge in [0.05, 0.1) is 11.4 Å². The average Bonchev–Trinajstić information content (AvgIpc) is 2.46. The second-order valence-corrected chi connectivity index (χ2v) is 7.54. The van der Waals surface area contributed by atoms with Gasteiger partial charge < -0.3 is 11.5 Å². The first-order chi connectivity index (χ1) is 11.0. The van der Waals surface area contributed by atoms with Gasteiger partial charge in [0.15, 0.2) is 0 Å². The van der Waals surface area contributed by atoms with E-state index in [1.807, 2.05) is 0 Å². The maximum atomic E-state index is 11.6. The first-order valence-corrected chi connectivity index (χ1v) is 9.30. The fourth-order valence-electron chi connectivity index (χ4n) is 2.09. The quantitative estimate of drug-likeness (QED) is 0.257. The molecule has 0 aromatic heterocycles. The Balaban J connectivity index is 0.00000312. The number of hydrogen-bond acceptors (Lipinski definition) is 6. The van der Waals surface area contributed by atoms with Crippen molar-refractivity contribution in [3.05, 3.63) is 47.5 Å². The number of anilines is 2. The van der Waals surface area contributed by atoms with Gasteiger partial charge >= 0.3 is 29.6 Å². The van der Waals surface area contributed by atoms with Crippen LogP contribution in [0.4, 0.5) is 11.4 Å². The van der Waals surface area contributed by atoms with Gasteiger partial charge in [-0.3, -0.25) is 9.11 Å². The van der Waals surface area contributed by atoms with Crippen molar-refractivity contribution in [2.45, 2.75) is 9.79 Å². The summed E-state index contributed by atoms with van der Waals surface area (Å²) in [6.07, 6.45) is 2.72. The van der Waals surface area contributed by atoms with Crippen LogP contribution in [0.15, 0.2) is 46.2 Å². The molecule has 0 amide bonds. The van der Waals surface area contributed by atoms with Gasteiger partial charge in [-0.1, -0.05) is 42.5 Å². The minimum atomic E-state index is -5.05. The van der Waals surface area contributed by atoms with Gasteiger partial charge in [0.25, 0.3) is 20.2 Å². The molecular weight excluding hydrogens is 379 g/mol. The van der Waals surface area contributed by atoms with E-state index in [1.165, 1.54) is 12.2 Å². The number of rotatable bonds is 4. The van der Waals surface area contributed by atoms with Crippen LogP contribution in [0.3, 0.4) is 0 Å². The summed E-state index contributed by atoms with van der Waals surface area (Å²) in [6, 6.07) is 9.78. The van der Waals surface area contributed by atoms with Crippen molar-refractivity contribution in [2.24, 2.45) is 0 Å². The van der Waals surface area contributed by atoms with Crippen molar-refractivity contribution in [2.75, 3.05) is 11.5 Å². The van der Waals surface area contributed by atoms with E-state index in [0.29, 0.717) is 5.56 Å². The van der Waals surface area contributed by atoms with Gasteiger partial charge in [0.1, 0.15) is 9.79 Å². The fraction of sp³-hybridized carbons (Fsp3) is 0. The van der Waals surface area contributed by atoms with Crippen molar-refractivity contribution < 1.29 is 25.9 Å². The van der Waals surface area contributed by atoms with Crippen LogP contribution in [0.5, 0.6) is 0 Å². The summed E-state index contributed by atoms with van der Waals surface area (Å²) in [5.41, 5.74) is 10.6. The van der Waals surface area contributed by atoms with Crippen LogP contribution in [0.25, 0.3) is 12.2 Å². The van der Waals surface area contributed by atoms with Crippen molar-refractivity contribution in [3.63, 3.8) is 0 Å². The Morgan fingerprint density at radius 2 is 1.36 bits per heavy atom. The SMILES string of the molecule is Nc1cc(C=Cc2ccccc2)c(S(=O)(=O)O)c(S(=O)(=O)O)c1N.[NaH]. The molecule has 8 nitrogen and oxygen atoms in total. The molecule has 0 saturated carbocycles. The molecule has 0 radical (unpaired) electrons. The third-order valence-corrected chi connectivity index (χ3v) is 5.13. The van der Waals surface area contributed by atoms with Crippen LogP contribution in [-0.2, 0) is 20.2 Å². The molecule has 0 saturated heterocycles. The third kappa shape index (κ3) is 5.05. The number of benzene rings is 2. The van der Waals surface area contributed by atoms with Crippen molar-refractivity contribution in [3.8, 4) is 0 Å². The molecule has 0 aliphatic rings. The van der Waals surface area contributed by atoms with Crippen LogP contribution in [-0.4, -0.2) is 55.5 Å². The Morgan fingerprint density at radius 1 is 0.840 bits per heavy atom. The molecule has 25 heavy (non-hydrogen) atoms. The Bertz CT molecular complexity index is 1020. The first-order valence-electron chi connectivity index (χ1n) is 6.42. The second-order valence-electron chi connectivity index (χ2n) is 4.82. The summed E-state index contributed by atoms with van der Waals surface area (Å²) in [7, 11) is -10.1. The van der Waals surface area contributed by atoms with E-state index >= 15 is 0 Å². The summed E-state index contributed by atoms with van der Waals surface area (Å²) in [5.74, 6) is 0. The van der Waals surface area contributed by atoms with Gasteiger partial charge in [-0.25, -0.2) is 0 Å². The molecule has 0 fully saturated rings. The zero-order valence-electron chi connectivity index (χ0n) is 12.1. The molecule has 0 spiro atoms. The molecule has 0 atom stereocenters.